The lowest BCUT2D eigenvalue weighted by molar-refractivity contribution is -0.136. The number of aryl methyl sites for hydroxylation is 1. The Balaban J connectivity index is 1.43. The zero-order chi connectivity index (χ0) is 15.9. The van der Waals surface area contributed by atoms with Gasteiger partial charge in [0.15, 0.2) is 0 Å². The van der Waals surface area contributed by atoms with Crippen molar-refractivity contribution in [2.75, 3.05) is 32.8 Å². The predicted molar refractivity (Wildman–Crippen MR) is 89.1 cm³/mol. The summed E-state index contributed by atoms with van der Waals surface area (Å²) in [4.78, 5) is 17.6. The number of rotatable bonds is 3. The molecular weight excluding hydrogens is 288 g/mol. The largest absolute Gasteiger partial charge is 0.380 e. The van der Waals surface area contributed by atoms with Gasteiger partial charge in [-0.2, -0.15) is 0 Å². The number of amides is 1. The maximum atomic E-state index is 13.0. The highest BCUT2D eigenvalue weighted by Crippen LogP contribution is 2.42. The molecule has 2 atom stereocenters. The van der Waals surface area contributed by atoms with Crippen LogP contribution in [0.4, 0.5) is 0 Å². The topological polar surface area (TPSA) is 32.8 Å². The summed E-state index contributed by atoms with van der Waals surface area (Å²) in [6.45, 7) is 7.48. The first kappa shape index (κ1) is 15.2. The molecule has 0 radical (unpaired) electrons. The van der Waals surface area contributed by atoms with Crippen LogP contribution in [0.2, 0.25) is 0 Å². The summed E-state index contributed by atoms with van der Waals surface area (Å²) >= 11 is 0. The van der Waals surface area contributed by atoms with Crippen molar-refractivity contribution in [2.24, 2.45) is 5.41 Å². The number of ether oxygens (including phenoxy) is 1. The minimum Gasteiger partial charge on any atom is -0.380 e. The molecule has 0 saturated carbocycles. The average Bonchev–Trinajstić information content (AvgIpc) is 3.25. The summed E-state index contributed by atoms with van der Waals surface area (Å²) in [6, 6.07) is 9.04. The van der Waals surface area contributed by atoms with E-state index in [1.165, 1.54) is 11.1 Å². The Morgan fingerprint density at radius 3 is 2.96 bits per heavy atom. The number of carbonyl (C=O) groups is 1. The Morgan fingerprint density at radius 2 is 2.17 bits per heavy atom. The van der Waals surface area contributed by atoms with E-state index in [0.717, 1.165) is 58.7 Å². The lowest BCUT2D eigenvalue weighted by Gasteiger charge is -2.26. The SMILES string of the molecule is Cc1cccc(CN2CC[C@@]3(CCN([C@@H]4CCOC4)C3)C2=O)c1. The molecule has 1 aromatic rings. The molecule has 4 rings (SSSR count). The van der Waals surface area contributed by atoms with Gasteiger partial charge in [-0.25, -0.2) is 0 Å². The van der Waals surface area contributed by atoms with Crippen LogP contribution in [0.1, 0.15) is 30.4 Å². The maximum Gasteiger partial charge on any atom is 0.230 e. The van der Waals surface area contributed by atoms with Gasteiger partial charge in [0, 0.05) is 32.3 Å². The monoisotopic (exact) mass is 314 g/mol. The molecule has 0 aromatic heterocycles. The molecule has 3 aliphatic heterocycles. The fraction of sp³-hybridized carbons (Fsp3) is 0.632. The zero-order valence-corrected chi connectivity index (χ0v) is 14.0. The standard InChI is InChI=1S/C19H26N2O2/c1-15-3-2-4-16(11-15)12-20-8-6-19(18(20)22)7-9-21(14-19)17-5-10-23-13-17/h2-4,11,17H,5-10,12-14H2,1H3/t17-,19+/m1/s1. The average molecular weight is 314 g/mol. The minimum atomic E-state index is -0.119. The molecule has 0 bridgehead atoms. The van der Waals surface area contributed by atoms with Gasteiger partial charge < -0.3 is 9.64 Å². The number of nitrogens with zero attached hydrogens (tertiary/aromatic N) is 2. The van der Waals surface area contributed by atoms with Crippen molar-refractivity contribution in [3.05, 3.63) is 35.4 Å². The fourth-order valence-electron chi connectivity index (χ4n) is 4.48. The van der Waals surface area contributed by atoms with E-state index in [4.69, 9.17) is 4.74 Å². The van der Waals surface area contributed by atoms with Crippen molar-refractivity contribution in [3.63, 3.8) is 0 Å². The Morgan fingerprint density at radius 1 is 1.30 bits per heavy atom. The third-order valence-corrected chi connectivity index (χ3v) is 5.86. The molecule has 0 aliphatic carbocycles. The molecule has 1 amide bonds. The Labute approximate surface area is 138 Å². The zero-order valence-electron chi connectivity index (χ0n) is 14.0. The highest BCUT2D eigenvalue weighted by Gasteiger charge is 2.51. The molecule has 4 nitrogen and oxygen atoms in total. The van der Waals surface area contributed by atoms with Gasteiger partial charge in [-0.1, -0.05) is 29.8 Å². The van der Waals surface area contributed by atoms with E-state index in [1.54, 1.807) is 0 Å². The molecule has 3 saturated heterocycles. The van der Waals surface area contributed by atoms with Crippen molar-refractivity contribution >= 4 is 5.91 Å². The van der Waals surface area contributed by atoms with Gasteiger partial charge in [-0.05, 0) is 38.3 Å². The van der Waals surface area contributed by atoms with Crippen LogP contribution in [0.15, 0.2) is 24.3 Å². The first-order valence-corrected chi connectivity index (χ1v) is 8.83. The third kappa shape index (κ3) is 2.79. The lowest BCUT2D eigenvalue weighted by Crippen LogP contribution is -2.39. The number of hydrogen-bond donors (Lipinski definition) is 0. The quantitative estimate of drug-likeness (QED) is 0.857. The second-order valence-electron chi connectivity index (χ2n) is 7.48. The molecule has 124 valence electrons. The maximum absolute atomic E-state index is 13.0. The molecule has 0 unspecified atom stereocenters. The van der Waals surface area contributed by atoms with Crippen LogP contribution in [0.3, 0.4) is 0 Å². The van der Waals surface area contributed by atoms with Gasteiger partial charge in [0.1, 0.15) is 0 Å². The van der Waals surface area contributed by atoms with E-state index in [9.17, 15) is 4.79 Å². The van der Waals surface area contributed by atoms with Gasteiger partial charge in [-0.3, -0.25) is 9.69 Å². The van der Waals surface area contributed by atoms with Gasteiger partial charge >= 0.3 is 0 Å². The second kappa shape index (κ2) is 5.91. The van der Waals surface area contributed by atoms with E-state index in [0.29, 0.717) is 11.9 Å². The molecule has 1 spiro atoms. The first-order valence-electron chi connectivity index (χ1n) is 8.83. The number of likely N-dealkylation sites (tertiary alicyclic amines) is 2. The van der Waals surface area contributed by atoms with E-state index >= 15 is 0 Å². The molecule has 23 heavy (non-hydrogen) atoms. The van der Waals surface area contributed by atoms with E-state index in [1.807, 2.05) is 0 Å². The summed E-state index contributed by atoms with van der Waals surface area (Å²) < 4.78 is 5.52. The highest BCUT2D eigenvalue weighted by atomic mass is 16.5. The molecular formula is C19H26N2O2. The van der Waals surface area contributed by atoms with Crippen molar-refractivity contribution in [1.29, 1.82) is 0 Å². The summed E-state index contributed by atoms with van der Waals surface area (Å²) in [6.07, 6.45) is 3.16. The van der Waals surface area contributed by atoms with Crippen LogP contribution >= 0.6 is 0 Å². The van der Waals surface area contributed by atoms with Crippen LogP contribution in [0, 0.1) is 12.3 Å². The van der Waals surface area contributed by atoms with Crippen molar-refractivity contribution in [2.45, 2.75) is 38.8 Å². The van der Waals surface area contributed by atoms with Crippen molar-refractivity contribution in [3.8, 4) is 0 Å². The summed E-state index contributed by atoms with van der Waals surface area (Å²) in [5, 5.41) is 0. The smallest absolute Gasteiger partial charge is 0.230 e. The fourth-order valence-corrected chi connectivity index (χ4v) is 4.48. The first-order chi connectivity index (χ1) is 11.2. The highest BCUT2D eigenvalue weighted by molar-refractivity contribution is 5.85. The number of carbonyl (C=O) groups excluding carboxylic acids is 1. The third-order valence-electron chi connectivity index (χ3n) is 5.86. The molecule has 3 fully saturated rings. The number of benzene rings is 1. The van der Waals surface area contributed by atoms with Gasteiger partial charge in [-0.15, -0.1) is 0 Å². The van der Waals surface area contributed by atoms with Crippen molar-refractivity contribution < 1.29 is 9.53 Å². The lowest BCUT2D eigenvalue weighted by atomic mass is 9.85. The summed E-state index contributed by atoms with van der Waals surface area (Å²) in [7, 11) is 0. The molecule has 0 N–H and O–H groups in total. The summed E-state index contributed by atoms with van der Waals surface area (Å²) in [5.41, 5.74) is 2.39. The molecule has 3 aliphatic rings. The molecule has 1 aromatic carbocycles. The molecule has 4 heteroatoms. The normalized spacial score (nSPS) is 31.6. The van der Waals surface area contributed by atoms with Gasteiger partial charge in [0.25, 0.3) is 0 Å². The Kier molecular flexibility index (Phi) is 3.90. The van der Waals surface area contributed by atoms with E-state index < -0.39 is 0 Å². The van der Waals surface area contributed by atoms with Crippen molar-refractivity contribution in [1.82, 2.24) is 9.80 Å². The number of hydrogen-bond acceptors (Lipinski definition) is 3. The van der Waals surface area contributed by atoms with Gasteiger partial charge in [0.05, 0.1) is 12.0 Å². The van der Waals surface area contributed by atoms with Gasteiger partial charge in [0.2, 0.25) is 5.91 Å². The van der Waals surface area contributed by atoms with Crippen LogP contribution in [0.5, 0.6) is 0 Å². The second-order valence-corrected chi connectivity index (χ2v) is 7.48. The minimum absolute atomic E-state index is 0.119. The Hall–Kier alpha value is -1.39. The van der Waals surface area contributed by atoms with Crippen LogP contribution < -0.4 is 0 Å². The van der Waals surface area contributed by atoms with E-state index in [-0.39, 0.29) is 5.41 Å². The molecule has 3 heterocycles. The van der Waals surface area contributed by atoms with Crippen LogP contribution in [0.25, 0.3) is 0 Å². The summed E-state index contributed by atoms with van der Waals surface area (Å²) in [5.74, 6) is 0.375. The van der Waals surface area contributed by atoms with Crippen LogP contribution in [-0.4, -0.2) is 54.6 Å². The van der Waals surface area contributed by atoms with Crippen LogP contribution in [-0.2, 0) is 16.1 Å². The predicted octanol–water partition coefficient (Wildman–Crippen LogP) is 2.21. The Bertz CT molecular complexity index is 597. The van der Waals surface area contributed by atoms with E-state index in [2.05, 4.69) is 41.0 Å².